The van der Waals surface area contributed by atoms with Gasteiger partial charge in [-0.3, -0.25) is 0 Å². The Morgan fingerprint density at radius 1 is 0.769 bits per heavy atom. The van der Waals surface area contributed by atoms with Crippen molar-refractivity contribution in [3.05, 3.63) is 0 Å². The lowest BCUT2D eigenvalue weighted by molar-refractivity contribution is 0.576. The van der Waals surface area contributed by atoms with E-state index in [0.29, 0.717) is 0 Å². The van der Waals surface area contributed by atoms with Crippen LogP contribution in [-0.4, -0.2) is 0 Å². The van der Waals surface area contributed by atoms with Crippen LogP contribution in [0.2, 0.25) is 0 Å². The molecule has 0 aliphatic carbocycles. The SMILES string of the molecule is C.C.CCCC(C)C.CCCCC. The molecule has 0 spiro atoms. The van der Waals surface area contributed by atoms with E-state index in [0.717, 1.165) is 5.92 Å². The van der Waals surface area contributed by atoms with Gasteiger partial charge >= 0.3 is 0 Å². The lowest BCUT2D eigenvalue weighted by Gasteiger charge is -1.95. The minimum Gasteiger partial charge on any atom is -0.0776 e. The summed E-state index contributed by atoms with van der Waals surface area (Å²) in [5.41, 5.74) is 0. The summed E-state index contributed by atoms with van der Waals surface area (Å²) in [6.45, 7) is 11.2. The Balaban J connectivity index is -0.0000000546. The van der Waals surface area contributed by atoms with Crippen molar-refractivity contribution in [1.29, 1.82) is 0 Å². The van der Waals surface area contributed by atoms with Crippen molar-refractivity contribution in [3.8, 4) is 0 Å². The summed E-state index contributed by atoms with van der Waals surface area (Å²) in [7, 11) is 0. The molecule has 0 radical (unpaired) electrons. The largest absolute Gasteiger partial charge is 0.0776 e. The molecule has 0 aliphatic rings. The molecule has 0 aromatic carbocycles. The lowest BCUT2D eigenvalue weighted by atomic mass is 10.1. The number of rotatable bonds is 4. The van der Waals surface area contributed by atoms with Gasteiger partial charge in [-0.2, -0.15) is 0 Å². The quantitative estimate of drug-likeness (QED) is 0.517. The van der Waals surface area contributed by atoms with Gasteiger partial charge in [-0.25, -0.2) is 0 Å². The standard InChI is InChI=1S/C6H14.C5H12.2CH4/c1-4-5-6(2)3;1-3-5-4-2;;/h6H,4-5H2,1-3H3;3-5H2,1-2H3;2*1H4. The zero-order valence-electron chi connectivity index (χ0n) is 9.11. The zero-order valence-corrected chi connectivity index (χ0v) is 9.11. The molecule has 86 valence electrons. The predicted molar refractivity (Wildman–Crippen MR) is 68.4 cm³/mol. The molecule has 0 amide bonds. The minimum atomic E-state index is 0. The molecule has 0 bridgehead atoms. The van der Waals surface area contributed by atoms with Crippen molar-refractivity contribution in [3.63, 3.8) is 0 Å². The second kappa shape index (κ2) is 22.7. The summed E-state index contributed by atoms with van der Waals surface area (Å²) in [6, 6.07) is 0. The van der Waals surface area contributed by atoms with Gasteiger partial charge < -0.3 is 0 Å². The minimum absolute atomic E-state index is 0. The van der Waals surface area contributed by atoms with Gasteiger partial charge in [-0.05, 0) is 5.92 Å². The van der Waals surface area contributed by atoms with Gasteiger partial charge in [-0.15, -0.1) is 0 Å². The molecule has 0 rings (SSSR count). The Labute approximate surface area is 88.1 Å². The summed E-state index contributed by atoms with van der Waals surface area (Å²) >= 11 is 0. The number of unbranched alkanes of at least 4 members (excludes halogenated alkanes) is 2. The van der Waals surface area contributed by atoms with E-state index in [1.165, 1.54) is 32.1 Å². The molecule has 0 atom stereocenters. The molecule has 0 N–H and O–H groups in total. The summed E-state index contributed by atoms with van der Waals surface area (Å²) < 4.78 is 0. The summed E-state index contributed by atoms with van der Waals surface area (Å²) in [5, 5.41) is 0. The molecule has 0 nitrogen and oxygen atoms in total. The van der Waals surface area contributed by atoms with Crippen LogP contribution in [0.1, 0.15) is 81.6 Å². The monoisotopic (exact) mass is 190 g/mol. The van der Waals surface area contributed by atoms with Gasteiger partial charge in [0.2, 0.25) is 0 Å². The first-order chi connectivity index (χ1) is 5.18. The van der Waals surface area contributed by atoms with Crippen molar-refractivity contribution < 1.29 is 0 Å². The molecule has 0 aromatic heterocycles. The number of hydrogen-bond acceptors (Lipinski definition) is 0. The van der Waals surface area contributed by atoms with E-state index < -0.39 is 0 Å². The second-order valence-corrected chi connectivity index (χ2v) is 3.54. The van der Waals surface area contributed by atoms with Crippen molar-refractivity contribution in [2.24, 2.45) is 5.92 Å². The molecule has 0 heteroatoms. The van der Waals surface area contributed by atoms with E-state index in [-0.39, 0.29) is 14.9 Å². The maximum absolute atomic E-state index is 2.25. The topological polar surface area (TPSA) is 0 Å². The molecule has 0 aromatic rings. The Kier molecular flexibility index (Phi) is 40.3. The maximum Gasteiger partial charge on any atom is -0.0471 e. The van der Waals surface area contributed by atoms with Crippen molar-refractivity contribution in [1.82, 2.24) is 0 Å². The van der Waals surface area contributed by atoms with Crippen molar-refractivity contribution >= 4 is 0 Å². The Morgan fingerprint density at radius 3 is 1.15 bits per heavy atom. The molecule has 0 saturated heterocycles. The first-order valence-electron chi connectivity index (χ1n) is 5.18. The molecule has 0 fully saturated rings. The highest BCUT2D eigenvalue weighted by molar-refractivity contribution is 4.38. The average Bonchev–Trinajstić information content (AvgIpc) is 1.90. The fourth-order valence-corrected chi connectivity index (χ4v) is 0.931. The normalized spacial score (nSPS) is 7.85. The molecule has 13 heavy (non-hydrogen) atoms. The van der Waals surface area contributed by atoms with E-state index >= 15 is 0 Å². The third-order valence-corrected chi connectivity index (χ3v) is 1.57. The van der Waals surface area contributed by atoms with E-state index in [2.05, 4.69) is 34.6 Å². The van der Waals surface area contributed by atoms with Crippen LogP contribution < -0.4 is 0 Å². The Hall–Kier alpha value is 0. The van der Waals surface area contributed by atoms with Gasteiger partial charge in [0.15, 0.2) is 0 Å². The van der Waals surface area contributed by atoms with E-state index in [1.807, 2.05) is 0 Å². The predicted octanol–water partition coefficient (Wildman–Crippen LogP) is 5.91. The summed E-state index contributed by atoms with van der Waals surface area (Å²) in [5.74, 6) is 0.898. The first-order valence-corrected chi connectivity index (χ1v) is 5.18. The third kappa shape index (κ3) is 48.0. The highest BCUT2D eigenvalue weighted by Gasteiger charge is 1.85. The highest BCUT2D eigenvalue weighted by atomic mass is 13.9. The van der Waals surface area contributed by atoms with Crippen LogP contribution in [0, 0.1) is 5.92 Å². The molecule has 0 unspecified atom stereocenters. The average molecular weight is 190 g/mol. The molecule has 0 heterocycles. The third-order valence-electron chi connectivity index (χ3n) is 1.57. The van der Waals surface area contributed by atoms with Crippen LogP contribution in [0.4, 0.5) is 0 Å². The smallest absolute Gasteiger partial charge is 0.0471 e. The van der Waals surface area contributed by atoms with Gasteiger partial charge in [-0.1, -0.05) is 81.6 Å². The highest BCUT2D eigenvalue weighted by Crippen LogP contribution is 2.00. The Morgan fingerprint density at radius 2 is 1.15 bits per heavy atom. The molecular weight excluding hydrogens is 156 g/mol. The zero-order chi connectivity index (χ0) is 9.11. The lowest BCUT2D eigenvalue weighted by Crippen LogP contribution is -1.81. The Bertz CT molecular complexity index is 44.0. The van der Waals surface area contributed by atoms with Gasteiger partial charge in [0.25, 0.3) is 0 Å². The molecular formula is C13H34. The van der Waals surface area contributed by atoms with E-state index in [1.54, 1.807) is 0 Å². The second-order valence-electron chi connectivity index (χ2n) is 3.54. The van der Waals surface area contributed by atoms with Crippen LogP contribution in [0.5, 0.6) is 0 Å². The van der Waals surface area contributed by atoms with Crippen LogP contribution in [0.15, 0.2) is 0 Å². The van der Waals surface area contributed by atoms with E-state index in [9.17, 15) is 0 Å². The number of hydrogen-bond donors (Lipinski definition) is 0. The first kappa shape index (κ1) is 23.1. The van der Waals surface area contributed by atoms with E-state index in [4.69, 9.17) is 0 Å². The molecule has 0 saturated carbocycles. The maximum atomic E-state index is 2.25. The van der Waals surface area contributed by atoms with Gasteiger partial charge in [0.05, 0.1) is 0 Å². The van der Waals surface area contributed by atoms with Crippen LogP contribution in [0.3, 0.4) is 0 Å². The van der Waals surface area contributed by atoms with Gasteiger partial charge in [0, 0.05) is 0 Å². The van der Waals surface area contributed by atoms with Gasteiger partial charge in [0.1, 0.15) is 0 Å². The van der Waals surface area contributed by atoms with Crippen LogP contribution in [-0.2, 0) is 0 Å². The fraction of sp³-hybridized carbons (Fsp3) is 1.00. The van der Waals surface area contributed by atoms with Crippen molar-refractivity contribution in [2.75, 3.05) is 0 Å². The molecule has 0 aliphatic heterocycles. The fourth-order valence-electron chi connectivity index (χ4n) is 0.931. The summed E-state index contributed by atoms with van der Waals surface area (Å²) in [4.78, 5) is 0. The summed E-state index contributed by atoms with van der Waals surface area (Å²) in [6.07, 6.45) is 6.78. The van der Waals surface area contributed by atoms with Crippen LogP contribution >= 0.6 is 0 Å². The van der Waals surface area contributed by atoms with Crippen LogP contribution in [0.25, 0.3) is 0 Å². The van der Waals surface area contributed by atoms with Crippen molar-refractivity contribution in [2.45, 2.75) is 81.6 Å².